The first-order valence-electron chi connectivity index (χ1n) is 10.2. The summed E-state index contributed by atoms with van der Waals surface area (Å²) in [6.45, 7) is 0.189. The summed E-state index contributed by atoms with van der Waals surface area (Å²) in [6.07, 6.45) is -3.41. The summed E-state index contributed by atoms with van der Waals surface area (Å²) in [4.78, 5) is 29.1. The molecule has 182 valence electrons. The lowest BCUT2D eigenvalue weighted by molar-refractivity contribution is -0.141. The molecule has 0 unspecified atom stereocenters. The molecule has 0 aliphatic carbocycles. The standard InChI is InChI=1S/C24H15BrF3N5O3/c1-36-23(35)21-19(12-33(32-21)11-14-4-2-13(10-29)3-5-14)31-22(34)17-9-20(24(26,27)28)30-18-7-6-15(25)8-16(17)18/h2-9,12H,11H2,1H3,(H,31,34). The highest BCUT2D eigenvalue weighted by Crippen LogP contribution is 2.32. The molecule has 1 N–H and O–H groups in total. The van der Waals surface area contributed by atoms with Gasteiger partial charge in [-0.2, -0.15) is 23.5 Å². The van der Waals surface area contributed by atoms with Crippen LogP contribution in [0.2, 0.25) is 0 Å². The number of nitrogens with one attached hydrogen (secondary N) is 1. The third-order valence-electron chi connectivity index (χ3n) is 5.12. The van der Waals surface area contributed by atoms with Crippen molar-refractivity contribution in [1.82, 2.24) is 14.8 Å². The lowest BCUT2D eigenvalue weighted by Crippen LogP contribution is -2.17. The number of carbonyl (C=O) groups excluding carboxylic acids is 2. The van der Waals surface area contributed by atoms with Crippen LogP contribution in [-0.2, 0) is 17.5 Å². The molecular formula is C24H15BrF3N5O3. The highest BCUT2D eigenvalue weighted by Gasteiger charge is 2.34. The fourth-order valence-corrected chi connectivity index (χ4v) is 3.79. The average molecular weight is 558 g/mol. The van der Waals surface area contributed by atoms with E-state index in [4.69, 9.17) is 10.00 Å². The first kappa shape index (κ1) is 24.9. The molecular weight excluding hydrogens is 543 g/mol. The Kier molecular flexibility index (Phi) is 6.76. The lowest BCUT2D eigenvalue weighted by atomic mass is 10.1. The number of rotatable bonds is 5. The van der Waals surface area contributed by atoms with Crippen LogP contribution in [-0.4, -0.2) is 33.8 Å². The van der Waals surface area contributed by atoms with Crippen molar-refractivity contribution in [2.75, 3.05) is 12.4 Å². The van der Waals surface area contributed by atoms with Crippen molar-refractivity contribution in [1.29, 1.82) is 5.26 Å². The van der Waals surface area contributed by atoms with Gasteiger partial charge in [-0.15, -0.1) is 0 Å². The zero-order chi connectivity index (χ0) is 26.0. The van der Waals surface area contributed by atoms with Gasteiger partial charge in [0.2, 0.25) is 0 Å². The number of carbonyl (C=O) groups is 2. The Morgan fingerprint density at radius 2 is 1.89 bits per heavy atom. The molecule has 4 rings (SSSR count). The predicted molar refractivity (Wildman–Crippen MR) is 126 cm³/mol. The fourth-order valence-electron chi connectivity index (χ4n) is 3.43. The van der Waals surface area contributed by atoms with Crippen LogP contribution in [0.3, 0.4) is 0 Å². The first-order valence-corrected chi connectivity index (χ1v) is 11.0. The Balaban J connectivity index is 1.72. The molecule has 0 aliphatic heterocycles. The summed E-state index contributed by atoms with van der Waals surface area (Å²) in [5.74, 6) is -1.74. The molecule has 1 amide bonds. The first-order chi connectivity index (χ1) is 17.1. The fraction of sp³-hybridized carbons (Fsp3) is 0.125. The molecule has 0 aliphatic rings. The van der Waals surface area contributed by atoms with E-state index in [1.165, 1.54) is 29.1 Å². The number of esters is 1. The molecule has 8 nitrogen and oxygen atoms in total. The second kappa shape index (κ2) is 9.79. The van der Waals surface area contributed by atoms with E-state index in [-0.39, 0.29) is 34.4 Å². The minimum absolute atomic E-state index is 0.0251. The van der Waals surface area contributed by atoms with Crippen molar-refractivity contribution < 1.29 is 27.5 Å². The summed E-state index contributed by atoms with van der Waals surface area (Å²) in [5.41, 5.74) is -0.592. The third kappa shape index (κ3) is 5.21. The number of pyridine rings is 1. The van der Waals surface area contributed by atoms with Gasteiger partial charge >= 0.3 is 12.1 Å². The van der Waals surface area contributed by atoms with Crippen molar-refractivity contribution in [2.45, 2.75) is 12.7 Å². The van der Waals surface area contributed by atoms with Crippen LogP contribution in [0.5, 0.6) is 0 Å². The number of fused-ring (bicyclic) bond motifs is 1. The minimum atomic E-state index is -4.78. The monoisotopic (exact) mass is 557 g/mol. The summed E-state index contributed by atoms with van der Waals surface area (Å²) >= 11 is 3.25. The number of methoxy groups -OCH3 is 1. The van der Waals surface area contributed by atoms with Crippen molar-refractivity contribution in [2.24, 2.45) is 0 Å². The van der Waals surface area contributed by atoms with Gasteiger partial charge in [-0.1, -0.05) is 28.1 Å². The molecule has 0 saturated heterocycles. The van der Waals surface area contributed by atoms with Gasteiger partial charge < -0.3 is 10.1 Å². The van der Waals surface area contributed by atoms with E-state index >= 15 is 0 Å². The van der Waals surface area contributed by atoms with Crippen LogP contribution in [0.25, 0.3) is 10.9 Å². The summed E-state index contributed by atoms with van der Waals surface area (Å²) in [5, 5.41) is 15.8. The second-order valence-corrected chi connectivity index (χ2v) is 8.47. The molecule has 0 bridgehead atoms. The van der Waals surface area contributed by atoms with E-state index in [9.17, 15) is 22.8 Å². The Morgan fingerprint density at radius 1 is 1.17 bits per heavy atom. The number of halogens is 4. The molecule has 12 heteroatoms. The number of ether oxygens (including phenoxy) is 1. The van der Waals surface area contributed by atoms with Crippen molar-refractivity contribution in [3.63, 3.8) is 0 Å². The van der Waals surface area contributed by atoms with Gasteiger partial charge in [0, 0.05) is 16.1 Å². The number of aromatic nitrogens is 3. The molecule has 0 spiro atoms. The topological polar surface area (TPSA) is 110 Å². The quantitative estimate of drug-likeness (QED) is 0.339. The number of alkyl halides is 3. The molecule has 2 aromatic heterocycles. The van der Waals surface area contributed by atoms with E-state index in [1.807, 2.05) is 6.07 Å². The SMILES string of the molecule is COC(=O)c1nn(Cc2ccc(C#N)cc2)cc1NC(=O)c1cc(C(F)(F)F)nc2ccc(Br)cc12. The maximum Gasteiger partial charge on any atom is 0.433 e. The van der Waals surface area contributed by atoms with Crippen LogP contribution in [0.15, 0.2) is 59.2 Å². The van der Waals surface area contributed by atoms with Crippen LogP contribution < -0.4 is 5.32 Å². The zero-order valence-electron chi connectivity index (χ0n) is 18.4. The Morgan fingerprint density at radius 3 is 2.53 bits per heavy atom. The number of hydrogen-bond acceptors (Lipinski definition) is 6. The van der Waals surface area contributed by atoms with Crippen LogP contribution >= 0.6 is 15.9 Å². The number of hydrogen-bond donors (Lipinski definition) is 1. The molecule has 4 aromatic rings. The average Bonchev–Trinajstić information content (AvgIpc) is 3.24. The van der Waals surface area contributed by atoms with Crippen molar-refractivity contribution >= 4 is 44.4 Å². The van der Waals surface area contributed by atoms with Gasteiger partial charge in [-0.3, -0.25) is 9.48 Å². The molecule has 2 aromatic carbocycles. The minimum Gasteiger partial charge on any atom is -0.464 e. The number of anilines is 1. The van der Waals surface area contributed by atoms with Gasteiger partial charge in [0.25, 0.3) is 5.91 Å². The normalized spacial score (nSPS) is 11.2. The summed E-state index contributed by atoms with van der Waals surface area (Å²) in [7, 11) is 1.14. The number of benzene rings is 2. The van der Waals surface area contributed by atoms with E-state index < -0.39 is 23.7 Å². The predicted octanol–water partition coefficient (Wildman–Crippen LogP) is 5.17. The largest absolute Gasteiger partial charge is 0.464 e. The Labute approximate surface area is 210 Å². The van der Waals surface area contributed by atoms with Crippen LogP contribution in [0.4, 0.5) is 18.9 Å². The number of nitrogens with zero attached hydrogens (tertiary/aromatic N) is 4. The van der Waals surface area contributed by atoms with Gasteiger partial charge in [-0.05, 0) is 42.0 Å². The zero-order valence-corrected chi connectivity index (χ0v) is 20.0. The highest BCUT2D eigenvalue weighted by atomic mass is 79.9. The summed E-state index contributed by atoms with van der Waals surface area (Å²) < 4.78 is 47.0. The van der Waals surface area contributed by atoms with Gasteiger partial charge in [0.05, 0.1) is 42.1 Å². The van der Waals surface area contributed by atoms with E-state index in [0.29, 0.717) is 16.1 Å². The van der Waals surface area contributed by atoms with Crippen LogP contribution in [0, 0.1) is 11.3 Å². The highest BCUT2D eigenvalue weighted by molar-refractivity contribution is 9.10. The molecule has 36 heavy (non-hydrogen) atoms. The number of nitriles is 1. The van der Waals surface area contributed by atoms with Crippen molar-refractivity contribution in [3.05, 3.63) is 87.3 Å². The third-order valence-corrected chi connectivity index (χ3v) is 5.62. The maximum absolute atomic E-state index is 13.4. The Bertz CT molecular complexity index is 1530. The second-order valence-electron chi connectivity index (χ2n) is 7.56. The molecule has 0 radical (unpaired) electrons. The Hall–Kier alpha value is -4.24. The van der Waals surface area contributed by atoms with E-state index in [0.717, 1.165) is 12.7 Å². The van der Waals surface area contributed by atoms with Gasteiger partial charge in [0.1, 0.15) is 5.69 Å². The maximum atomic E-state index is 13.4. The molecule has 0 saturated carbocycles. The molecule has 2 heterocycles. The number of amides is 1. The molecule has 0 fully saturated rings. The smallest absolute Gasteiger partial charge is 0.433 e. The van der Waals surface area contributed by atoms with E-state index in [2.05, 4.69) is 31.3 Å². The van der Waals surface area contributed by atoms with E-state index in [1.54, 1.807) is 24.3 Å². The van der Waals surface area contributed by atoms with Gasteiger partial charge in [0.15, 0.2) is 5.69 Å². The lowest BCUT2D eigenvalue weighted by Gasteiger charge is -2.12. The molecule has 0 atom stereocenters. The van der Waals surface area contributed by atoms with Crippen LogP contribution in [0.1, 0.15) is 37.7 Å². The summed E-state index contributed by atoms with van der Waals surface area (Å²) in [6, 6.07) is 13.7. The van der Waals surface area contributed by atoms with Crippen molar-refractivity contribution in [3.8, 4) is 6.07 Å². The van der Waals surface area contributed by atoms with Gasteiger partial charge in [-0.25, -0.2) is 9.78 Å².